The molecule has 0 aliphatic carbocycles. The molecule has 0 spiro atoms. The summed E-state index contributed by atoms with van der Waals surface area (Å²) in [5.41, 5.74) is 4.74. The summed E-state index contributed by atoms with van der Waals surface area (Å²) in [5.74, 6) is 0.739. The molecule has 1 aromatic carbocycles. The molecular formula is C27H28N6O2S. The first-order chi connectivity index (χ1) is 17.5. The normalized spacial score (nSPS) is 19.6. The molecule has 0 bridgehead atoms. The molecule has 36 heavy (non-hydrogen) atoms. The molecule has 1 amide bonds. The number of benzene rings is 1. The lowest BCUT2D eigenvalue weighted by Gasteiger charge is -2.36. The van der Waals surface area contributed by atoms with E-state index >= 15 is 0 Å². The molecule has 8 nitrogen and oxygen atoms in total. The summed E-state index contributed by atoms with van der Waals surface area (Å²) in [7, 11) is 0. The number of thioether (sulfide) groups is 1. The number of hydrogen-bond acceptors (Lipinski definition) is 6. The molecule has 3 aromatic heterocycles. The smallest absolute Gasteiger partial charge is 0.265 e. The number of likely N-dealkylation sites (tertiary alicyclic amines) is 1. The summed E-state index contributed by atoms with van der Waals surface area (Å²) >= 11 is 1.53. The van der Waals surface area contributed by atoms with E-state index in [0.717, 1.165) is 42.6 Å². The van der Waals surface area contributed by atoms with Crippen LogP contribution in [0.15, 0.2) is 58.9 Å². The van der Waals surface area contributed by atoms with E-state index in [9.17, 15) is 9.59 Å². The Morgan fingerprint density at radius 3 is 2.83 bits per heavy atom. The third-order valence-electron chi connectivity index (χ3n) is 7.41. The monoisotopic (exact) mass is 500 g/mol. The first kappa shape index (κ1) is 23.0. The fourth-order valence-corrected chi connectivity index (χ4v) is 6.43. The Kier molecular flexibility index (Phi) is 5.87. The SMILES string of the molecule is Cc1ccc(-n2ncc3c(=O)n4c(nc32)SCC4CC(=O)N2CCCCC2c2cccnc2)cc1C. The Bertz CT molecular complexity index is 1510. The maximum Gasteiger partial charge on any atom is 0.265 e. The second-order valence-electron chi connectivity index (χ2n) is 9.69. The van der Waals surface area contributed by atoms with Crippen molar-refractivity contribution in [2.45, 2.75) is 56.8 Å². The maximum absolute atomic E-state index is 13.6. The summed E-state index contributed by atoms with van der Waals surface area (Å²) in [5, 5.41) is 5.62. The summed E-state index contributed by atoms with van der Waals surface area (Å²) in [6.07, 6.45) is 8.53. The van der Waals surface area contributed by atoms with Crippen LogP contribution in [0.4, 0.5) is 0 Å². The third kappa shape index (κ3) is 3.91. The molecule has 0 radical (unpaired) electrons. The van der Waals surface area contributed by atoms with E-state index in [0.29, 0.717) is 21.9 Å². The largest absolute Gasteiger partial charge is 0.336 e. The molecule has 0 N–H and O–H groups in total. The highest BCUT2D eigenvalue weighted by Crippen LogP contribution is 2.36. The summed E-state index contributed by atoms with van der Waals surface area (Å²) in [6, 6.07) is 9.89. The number of pyridine rings is 1. The minimum absolute atomic E-state index is 0.0435. The van der Waals surface area contributed by atoms with Crippen LogP contribution in [0.25, 0.3) is 16.7 Å². The highest BCUT2D eigenvalue weighted by Gasteiger charge is 2.34. The van der Waals surface area contributed by atoms with Gasteiger partial charge >= 0.3 is 0 Å². The molecule has 4 aromatic rings. The summed E-state index contributed by atoms with van der Waals surface area (Å²) in [4.78, 5) is 38.2. The topological polar surface area (TPSA) is 85.9 Å². The molecule has 9 heteroatoms. The Morgan fingerprint density at radius 2 is 2.03 bits per heavy atom. The van der Waals surface area contributed by atoms with Gasteiger partial charge in [-0.1, -0.05) is 23.9 Å². The molecule has 1 saturated heterocycles. The van der Waals surface area contributed by atoms with Gasteiger partial charge in [-0.15, -0.1) is 0 Å². The lowest BCUT2D eigenvalue weighted by atomic mass is 9.95. The Labute approximate surface area is 213 Å². The van der Waals surface area contributed by atoms with E-state index in [1.807, 2.05) is 35.4 Å². The summed E-state index contributed by atoms with van der Waals surface area (Å²) < 4.78 is 3.44. The predicted octanol–water partition coefficient (Wildman–Crippen LogP) is 4.38. The second-order valence-corrected chi connectivity index (χ2v) is 10.7. The van der Waals surface area contributed by atoms with Crippen molar-refractivity contribution in [1.82, 2.24) is 29.2 Å². The molecule has 1 fully saturated rings. The van der Waals surface area contributed by atoms with Gasteiger partial charge in [-0.05, 0) is 68.0 Å². The van der Waals surface area contributed by atoms with Gasteiger partial charge in [0.25, 0.3) is 5.56 Å². The minimum Gasteiger partial charge on any atom is -0.336 e. The van der Waals surface area contributed by atoms with Crippen LogP contribution in [-0.4, -0.2) is 47.4 Å². The molecular weight excluding hydrogens is 472 g/mol. The Balaban J connectivity index is 1.30. The summed E-state index contributed by atoms with van der Waals surface area (Å²) in [6.45, 7) is 4.86. The van der Waals surface area contributed by atoms with Crippen molar-refractivity contribution >= 4 is 28.7 Å². The number of piperidine rings is 1. The van der Waals surface area contributed by atoms with Crippen molar-refractivity contribution in [3.05, 3.63) is 76.0 Å². The van der Waals surface area contributed by atoms with Gasteiger partial charge in [0.2, 0.25) is 5.91 Å². The van der Waals surface area contributed by atoms with Crippen LogP contribution in [0, 0.1) is 13.8 Å². The molecule has 2 aliphatic heterocycles. The molecule has 2 aliphatic rings. The van der Waals surface area contributed by atoms with Crippen molar-refractivity contribution in [2.24, 2.45) is 0 Å². The van der Waals surface area contributed by atoms with E-state index in [1.165, 1.54) is 17.3 Å². The standard InChI is InChI=1S/C27H28N6O2S/c1-17-8-9-20(12-18(17)2)33-25-22(15-29-33)26(35)32-21(16-36-27(32)30-25)13-24(34)31-11-4-3-7-23(31)19-6-5-10-28-14-19/h5-6,8-10,12,14-15,21,23H,3-4,7,11,13,16H2,1-2H3. The van der Waals surface area contributed by atoms with Crippen LogP contribution in [-0.2, 0) is 4.79 Å². The number of hydrogen-bond donors (Lipinski definition) is 0. The van der Waals surface area contributed by atoms with Crippen LogP contribution in [0.3, 0.4) is 0 Å². The van der Waals surface area contributed by atoms with E-state index in [2.05, 4.69) is 30.0 Å². The molecule has 6 rings (SSSR count). The zero-order chi connectivity index (χ0) is 24.8. The average molecular weight is 501 g/mol. The first-order valence-electron chi connectivity index (χ1n) is 12.4. The molecule has 2 atom stereocenters. The Hall–Kier alpha value is -3.46. The molecule has 5 heterocycles. The number of aromatic nitrogens is 5. The van der Waals surface area contributed by atoms with Gasteiger partial charge in [0.1, 0.15) is 5.39 Å². The number of aryl methyl sites for hydroxylation is 2. The zero-order valence-electron chi connectivity index (χ0n) is 20.4. The first-order valence-corrected chi connectivity index (χ1v) is 13.4. The predicted molar refractivity (Wildman–Crippen MR) is 140 cm³/mol. The highest BCUT2D eigenvalue weighted by atomic mass is 32.2. The van der Waals surface area contributed by atoms with Crippen LogP contribution < -0.4 is 5.56 Å². The van der Waals surface area contributed by atoms with Gasteiger partial charge in [0.05, 0.1) is 24.0 Å². The van der Waals surface area contributed by atoms with Crippen LogP contribution in [0.5, 0.6) is 0 Å². The molecule has 2 unspecified atom stereocenters. The van der Waals surface area contributed by atoms with Crippen LogP contribution in [0.1, 0.15) is 54.5 Å². The lowest BCUT2D eigenvalue weighted by Crippen LogP contribution is -2.40. The minimum atomic E-state index is -0.219. The van der Waals surface area contributed by atoms with Gasteiger partial charge in [-0.2, -0.15) is 5.10 Å². The fraction of sp³-hybridized carbons (Fsp3) is 0.370. The van der Waals surface area contributed by atoms with Crippen molar-refractivity contribution in [3.8, 4) is 5.69 Å². The number of fused-ring (bicyclic) bond motifs is 2. The second kappa shape index (κ2) is 9.20. The van der Waals surface area contributed by atoms with Crippen molar-refractivity contribution in [2.75, 3.05) is 12.3 Å². The molecule has 184 valence electrons. The average Bonchev–Trinajstić information content (AvgIpc) is 3.51. The zero-order valence-corrected chi connectivity index (χ0v) is 21.2. The molecule has 0 saturated carbocycles. The van der Waals surface area contributed by atoms with Gasteiger partial charge in [0.15, 0.2) is 10.8 Å². The number of carbonyl (C=O) groups excluding carboxylic acids is 1. The lowest BCUT2D eigenvalue weighted by molar-refractivity contribution is -0.135. The van der Waals surface area contributed by atoms with Gasteiger partial charge in [0, 0.05) is 31.1 Å². The van der Waals surface area contributed by atoms with Gasteiger partial charge < -0.3 is 4.90 Å². The van der Waals surface area contributed by atoms with Gasteiger partial charge in [-0.25, -0.2) is 9.67 Å². The number of nitrogens with zero attached hydrogens (tertiary/aromatic N) is 6. The maximum atomic E-state index is 13.6. The number of rotatable bonds is 4. The van der Waals surface area contributed by atoms with Crippen molar-refractivity contribution < 1.29 is 4.79 Å². The third-order valence-corrected chi connectivity index (χ3v) is 8.51. The quantitative estimate of drug-likeness (QED) is 0.387. The van der Waals surface area contributed by atoms with Crippen LogP contribution >= 0.6 is 11.8 Å². The fourth-order valence-electron chi connectivity index (χ4n) is 5.30. The van der Waals surface area contributed by atoms with Crippen molar-refractivity contribution in [3.63, 3.8) is 0 Å². The van der Waals surface area contributed by atoms with E-state index in [-0.39, 0.29) is 30.0 Å². The number of amides is 1. The van der Waals surface area contributed by atoms with E-state index < -0.39 is 0 Å². The number of carbonyl (C=O) groups is 1. The van der Waals surface area contributed by atoms with Crippen LogP contribution in [0.2, 0.25) is 0 Å². The van der Waals surface area contributed by atoms with E-state index in [1.54, 1.807) is 21.6 Å². The Morgan fingerprint density at radius 1 is 1.14 bits per heavy atom. The highest BCUT2D eigenvalue weighted by molar-refractivity contribution is 7.99. The van der Waals surface area contributed by atoms with Crippen molar-refractivity contribution in [1.29, 1.82) is 0 Å². The van der Waals surface area contributed by atoms with E-state index in [4.69, 9.17) is 4.98 Å². The van der Waals surface area contributed by atoms with Gasteiger partial charge in [-0.3, -0.25) is 19.1 Å².